The first-order valence-electron chi connectivity index (χ1n) is 10.2. The Balaban J connectivity index is 2.26. The molecule has 1 aliphatic heterocycles. The van der Waals surface area contributed by atoms with Crippen molar-refractivity contribution in [3.63, 3.8) is 0 Å². The van der Waals surface area contributed by atoms with Crippen LogP contribution in [0.15, 0.2) is 4.99 Å². The van der Waals surface area contributed by atoms with Gasteiger partial charge in [-0.25, -0.2) is 0 Å². The Labute approximate surface area is 154 Å². The number of hydrogen-bond acceptors (Lipinski definition) is 3. The van der Waals surface area contributed by atoms with Gasteiger partial charge in [0.05, 0.1) is 0 Å². The Hall–Kier alpha value is -1.30. The average molecular weight is 354 g/mol. The number of aliphatic imine (C=N–C) groups is 1. The maximum absolute atomic E-state index is 12.0. The predicted octanol–water partition coefficient (Wildman–Crippen LogP) is 2.07. The van der Waals surface area contributed by atoms with Crippen molar-refractivity contribution in [2.24, 2.45) is 4.99 Å². The van der Waals surface area contributed by atoms with Gasteiger partial charge in [-0.15, -0.1) is 0 Å². The minimum absolute atomic E-state index is 0.321. The summed E-state index contributed by atoms with van der Waals surface area (Å²) in [5, 5.41) is 6.70. The van der Waals surface area contributed by atoms with Crippen molar-refractivity contribution in [1.82, 2.24) is 20.4 Å². The number of likely N-dealkylation sites (N-methyl/N-ethyl adjacent to an activating group) is 1. The molecule has 0 radical (unpaired) electrons. The molecule has 0 atom stereocenters. The minimum Gasteiger partial charge on any atom is -0.357 e. The molecule has 1 amide bonds. The monoisotopic (exact) mass is 353 g/mol. The van der Waals surface area contributed by atoms with Crippen molar-refractivity contribution in [3.05, 3.63) is 0 Å². The van der Waals surface area contributed by atoms with Gasteiger partial charge in [-0.3, -0.25) is 9.79 Å². The third-order valence-electron chi connectivity index (χ3n) is 4.55. The summed E-state index contributed by atoms with van der Waals surface area (Å²) in [6.45, 7) is 10.8. The van der Waals surface area contributed by atoms with E-state index in [2.05, 4.69) is 41.4 Å². The predicted molar refractivity (Wildman–Crippen MR) is 106 cm³/mol. The molecule has 1 fully saturated rings. The van der Waals surface area contributed by atoms with Gasteiger partial charge in [0.1, 0.15) is 0 Å². The molecule has 0 unspecified atom stereocenters. The molecule has 1 saturated heterocycles. The molecule has 0 aromatic heterocycles. The second-order valence-corrected chi connectivity index (χ2v) is 6.89. The molecule has 6 nitrogen and oxygen atoms in total. The van der Waals surface area contributed by atoms with E-state index in [1.165, 1.54) is 19.3 Å². The molecule has 0 saturated carbocycles. The van der Waals surface area contributed by atoms with Crippen LogP contribution in [0.2, 0.25) is 0 Å². The molecule has 146 valence electrons. The summed E-state index contributed by atoms with van der Waals surface area (Å²) in [4.78, 5) is 21.0. The summed E-state index contributed by atoms with van der Waals surface area (Å²) in [7, 11) is 2.17. The van der Waals surface area contributed by atoms with Crippen molar-refractivity contribution in [1.29, 1.82) is 0 Å². The number of carbonyl (C=O) groups is 1. The first-order valence-corrected chi connectivity index (χ1v) is 10.2. The van der Waals surface area contributed by atoms with Crippen LogP contribution in [-0.4, -0.2) is 74.5 Å². The van der Waals surface area contributed by atoms with E-state index in [0.717, 1.165) is 77.5 Å². The number of nitrogens with zero attached hydrogens (tertiary/aromatic N) is 3. The molecule has 2 N–H and O–H groups in total. The Kier molecular flexibility index (Phi) is 12.1. The quantitative estimate of drug-likeness (QED) is 0.339. The van der Waals surface area contributed by atoms with Gasteiger partial charge < -0.3 is 20.4 Å². The summed E-state index contributed by atoms with van der Waals surface area (Å²) in [6.07, 6.45) is 7.51. The van der Waals surface area contributed by atoms with Gasteiger partial charge >= 0.3 is 0 Å². The number of hydrogen-bond donors (Lipinski definition) is 2. The minimum atomic E-state index is 0.321. The molecule has 1 aliphatic rings. The fourth-order valence-electron chi connectivity index (χ4n) is 2.97. The standard InChI is InChI=1S/C19H39N5O/c1-4-6-14-23(3)17-13-22-19(20-5-2)21-12-10-16-24-15-9-7-8-11-18(24)25/h4-17H2,1-3H3,(H2,20,21,22). The van der Waals surface area contributed by atoms with Gasteiger partial charge in [0.2, 0.25) is 5.91 Å². The van der Waals surface area contributed by atoms with Crippen LogP contribution in [0.4, 0.5) is 0 Å². The summed E-state index contributed by atoms with van der Waals surface area (Å²) in [5.74, 6) is 1.20. The van der Waals surface area contributed by atoms with Crippen molar-refractivity contribution in [2.75, 3.05) is 52.9 Å². The highest BCUT2D eigenvalue weighted by atomic mass is 16.2. The number of unbranched alkanes of at least 4 members (excludes halogenated alkanes) is 1. The lowest BCUT2D eigenvalue weighted by atomic mass is 10.2. The fourth-order valence-corrected chi connectivity index (χ4v) is 2.97. The van der Waals surface area contributed by atoms with Crippen molar-refractivity contribution < 1.29 is 4.79 Å². The second-order valence-electron chi connectivity index (χ2n) is 6.89. The van der Waals surface area contributed by atoms with Crippen LogP contribution in [0.1, 0.15) is 58.8 Å². The number of nitrogens with one attached hydrogen (secondary N) is 2. The molecule has 6 heteroatoms. The molecular formula is C19H39N5O. The first-order chi connectivity index (χ1) is 12.2. The van der Waals surface area contributed by atoms with E-state index >= 15 is 0 Å². The Bertz CT molecular complexity index is 386. The van der Waals surface area contributed by atoms with E-state index in [1.807, 2.05) is 4.90 Å². The topological polar surface area (TPSA) is 60.0 Å². The molecule has 0 aromatic carbocycles. The maximum Gasteiger partial charge on any atom is 0.222 e. The van der Waals surface area contributed by atoms with Crippen molar-refractivity contribution >= 4 is 11.9 Å². The summed E-state index contributed by atoms with van der Waals surface area (Å²) in [5.41, 5.74) is 0. The lowest BCUT2D eigenvalue weighted by Gasteiger charge is -2.20. The molecule has 25 heavy (non-hydrogen) atoms. The van der Waals surface area contributed by atoms with Gasteiger partial charge in [0.25, 0.3) is 0 Å². The van der Waals surface area contributed by atoms with E-state index in [9.17, 15) is 4.79 Å². The van der Waals surface area contributed by atoms with Crippen LogP contribution in [0.5, 0.6) is 0 Å². The van der Waals surface area contributed by atoms with E-state index < -0.39 is 0 Å². The molecule has 0 aliphatic carbocycles. The lowest BCUT2D eigenvalue weighted by Crippen LogP contribution is -2.41. The Morgan fingerprint density at radius 1 is 1.16 bits per heavy atom. The highest BCUT2D eigenvalue weighted by Gasteiger charge is 2.15. The van der Waals surface area contributed by atoms with Crippen LogP contribution in [0, 0.1) is 0 Å². The zero-order valence-corrected chi connectivity index (χ0v) is 16.6. The average Bonchev–Trinajstić information content (AvgIpc) is 2.81. The normalized spacial score (nSPS) is 16.2. The lowest BCUT2D eigenvalue weighted by molar-refractivity contribution is -0.130. The van der Waals surface area contributed by atoms with Gasteiger partial charge in [0, 0.05) is 45.7 Å². The molecule has 1 rings (SSSR count). The van der Waals surface area contributed by atoms with E-state index in [1.54, 1.807) is 0 Å². The van der Waals surface area contributed by atoms with Crippen LogP contribution < -0.4 is 10.6 Å². The third kappa shape index (κ3) is 10.3. The highest BCUT2D eigenvalue weighted by Crippen LogP contribution is 2.11. The van der Waals surface area contributed by atoms with Crippen LogP contribution in [0.3, 0.4) is 0 Å². The van der Waals surface area contributed by atoms with Gasteiger partial charge in [0.15, 0.2) is 5.96 Å². The molecule has 0 bridgehead atoms. The first kappa shape index (κ1) is 21.7. The van der Waals surface area contributed by atoms with Gasteiger partial charge in [-0.05, 0) is 46.2 Å². The number of guanidine groups is 1. The number of rotatable bonds is 11. The summed E-state index contributed by atoms with van der Waals surface area (Å²) in [6, 6.07) is 0. The number of carbonyl (C=O) groups excluding carboxylic acids is 1. The smallest absolute Gasteiger partial charge is 0.222 e. The van der Waals surface area contributed by atoms with Crippen molar-refractivity contribution in [2.45, 2.75) is 58.8 Å². The van der Waals surface area contributed by atoms with Crippen molar-refractivity contribution in [3.8, 4) is 0 Å². The summed E-state index contributed by atoms with van der Waals surface area (Å²) < 4.78 is 0. The second kappa shape index (κ2) is 13.9. The van der Waals surface area contributed by atoms with E-state index in [0.29, 0.717) is 5.91 Å². The van der Waals surface area contributed by atoms with Gasteiger partial charge in [-0.2, -0.15) is 0 Å². The summed E-state index contributed by atoms with van der Waals surface area (Å²) >= 11 is 0. The van der Waals surface area contributed by atoms with Crippen LogP contribution in [0.25, 0.3) is 0 Å². The van der Waals surface area contributed by atoms with Gasteiger partial charge in [-0.1, -0.05) is 19.8 Å². The zero-order valence-electron chi connectivity index (χ0n) is 16.6. The van der Waals surface area contributed by atoms with E-state index in [-0.39, 0.29) is 0 Å². The SMILES string of the molecule is CCCCN(C)CCNC(=NCCCN1CCCCCC1=O)NCC. The third-order valence-corrected chi connectivity index (χ3v) is 4.55. The highest BCUT2D eigenvalue weighted by molar-refractivity contribution is 5.79. The van der Waals surface area contributed by atoms with Crippen LogP contribution in [-0.2, 0) is 4.79 Å². The van der Waals surface area contributed by atoms with E-state index in [4.69, 9.17) is 0 Å². The molecule has 1 heterocycles. The number of likely N-dealkylation sites (tertiary alicyclic amines) is 1. The zero-order chi connectivity index (χ0) is 18.3. The molecular weight excluding hydrogens is 314 g/mol. The number of amides is 1. The Morgan fingerprint density at radius 3 is 2.76 bits per heavy atom. The maximum atomic E-state index is 12.0. The fraction of sp³-hybridized carbons (Fsp3) is 0.895. The van der Waals surface area contributed by atoms with Crippen LogP contribution >= 0.6 is 0 Å². The molecule has 0 aromatic rings. The molecule has 0 spiro atoms. The Morgan fingerprint density at radius 2 is 2.00 bits per heavy atom. The largest absolute Gasteiger partial charge is 0.357 e.